The molecule has 2 aromatic heterocycles. The Morgan fingerprint density at radius 3 is 2.65 bits per heavy atom. The van der Waals surface area contributed by atoms with Gasteiger partial charge in [0.2, 0.25) is 0 Å². The fraction of sp³-hybridized carbons (Fsp3) is 0.167. The fourth-order valence-electron chi connectivity index (χ4n) is 2.32. The summed E-state index contributed by atoms with van der Waals surface area (Å²) in [5.41, 5.74) is 1.73. The Morgan fingerprint density at radius 2 is 1.96 bits per heavy atom. The molecule has 0 aliphatic heterocycles. The molecule has 0 unspecified atom stereocenters. The van der Waals surface area contributed by atoms with Gasteiger partial charge in [-0.15, -0.1) is 11.3 Å². The Bertz CT molecular complexity index is 908. The van der Waals surface area contributed by atoms with Gasteiger partial charge in [-0.2, -0.15) is 4.73 Å². The third kappa shape index (κ3) is 3.75. The van der Waals surface area contributed by atoms with Gasteiger partial charge in [0.1, 0.15) is 11.6 Å². The minimum atomic E-state index is -0.515. The maximum Gasteiger partial charge on any atom is 0.338 e. The van der Waals surface area contributed by atoms with Gasteiger partial charge in [0.05, 0.1) is 31.0 Å². The number of rotatable bonds is 6. The number of para-hydroxylation sites is 1. The Labute approximate surface area is 154 Å². The average molecular weight is 372 g/mol. The van der Waals surface area contributed by atoms with Crippen molar-refractivity contribution in [2.45, 2.75) is 6.61 Å². The van der Waals surface area contributed by atoms with Crippen molar-refractivity contribution in [1.82, 2.24) is 4.98 Å². The van der Waals surface area contributed by atoms with Crippen LogP contribution in [0.4, 0.5) is 0 Å². The molecule has 0 spiro atoms. The summed E-state index contributed by atoms with van der Waals surface area (Å²) in [6.45, 7) is 0.0356. The summed E-state index contributed by atoms with van der Waals surface area (Å²) in [5, 5.41) is 13.5. The van der Waals surface area contributed by atoms with E-state index in [4.69, 9.17) is 14.2 Å². The maximum atomic E-state index is 12.0. The van der Waals surface area contributed by atoms with Gasteiger partial charge in [0.25, 0.3) is 0 Å². The molecular weight excluding hydrogens is 356 g/mol. The molecule has 0 aliphatic carbocycles. The standard InChI is InChI=1S/C18H16N2O5S/c1-23-15-5-3-4-14(16(15)24-2)17-19-13(11-26-17)10-25-18(21)12-6-8-20(22)9-7-12/h3-9,11H,10H2,1-2H3. The van der Waals surface area contributed by atoms with Crippen LogP contribution in [0.3, 0.4) is 0 Å². The lowest BCUT2D eigenvalue weighted by Crippen LogP contribution is -2.24. The molecule has 0 atom stereocenters. The van der Waals surface area contributed by atoms with Crippen molar-refractivity contribution in [2.75, 3.05) is 14.2 Å². The molecule has 0 N–H and O–H groups in total. The topological polar surface area (TPSA) is 84.6 Å². The predicted octanol–water partition coefficient (Wildman–Crippen LogP) is 2.82. The Morgan fingerprint density at radius 1 is 1.19 bits per heavy atom. The van der Waals surface area contributed by atoms with E-state index in [-0.39, 0.29) is 6.61 Å². The second kappa shape index (κ2) is 7.83. The van der Waals surface area contributed by atoms with Crippen molar-refractivity contribution >= 4 is 17.3 Å². The van der Waals surface area contributed by atoms with Crippen molar-refractivity contribution in [3.05, 3.63) is 64.6 Å². The normalized spacial score (nSPS) is 10.4. The molecular formula is C18H16N2O5S. The predicted molar refractivity (Wildman–Crippen MR) is 95.2 cm³/mol. The van der Waals surface area contributed by atoms with Crippen LogP contribution in [0.15, 0.2) is 48.1 Å². The number of aromatic nitrogens is 2. The smallest absolute Gasteiger partial charge is 0.338 e. The van der Waals surface area contributed by atoms with Crippen LogP contribution in [0.2, 0.25) is 0 Å². The van der Waals surface area contributed by atoms with Gasteiger partial charge in [-0.25, -0.2) is 9.78 Å². The van der Waals surface area contributed by atoms with E-state index < -0.39 is 5.97 Å². The number of methoxy groups -OCH3 is 2. The molecule has 26 heavy (non-hydrogen) atoms. The van der Waals surface area contributed by atoms with Gasteiger partial charge >= 0.3 is 5.97 Å². The molecule has 3 rings (SSSR count). The lowest BCUT2D eigenvalue weighted by Gasteiger charge is -2.10. The quantitative estimate of drug-likeness (QED) is 0.376. The van der Waals surface area contributed by atoms with Gasteiger partial charge in [-0.05, 0) is 12.1 Å². The van der Waals surface area contributed by atoms with Crippen LogP contribution in [0.25, 0.3) is 10.6 Å². The number of ether oxygens (including phenoxy) is 3. The fourth-order valence-corrected chi connectivity index (χ4v) is 3.15. The molecule has 134 valence electrons. The summed E-state index contributed by atoms with van der Waals surface area (Å²) in [6.07, 6.45) is 2.49. The number of pyridine rings is 1. The largest absolute Gasteiger partial charge is 0.619 e. The first kappa shape index (κ1) is 17.7. The zero-order chi connectivity index (χ0) is 18.5. The molecule has 0 bridgehead atoms. The van der Waals surface area contributed by atoms with E-state index in [1.54, 1.807) is 14.2 Å². The second-order valence-electron chi connectivity index (χ2n) is 5.21. The summed E-state index contributed by atoms with van der Waals surface area (Å²) in [7, 11) is 3.15. The number of hydrogen-bond donors (Lipinski definition) is 0. The van der Waals surface area contributed by atoms with E-state index in [0.717, 1.165) is 10.6 Å². The van der Waals surface area contributed by atoms with E-state index in [1.165, 1.54) is 35.9 Å². The summed E-state index contributed by atoms with van der Waals surface area (Å²) >= 11 is 1.42. The summed E-state index contributed by atoms with van der Waals surface area (Å²) in [4.78, 5) is 16.5. The molecule has 0 fully saturated rings. The van der Waals surface area contributed by atoms with Crippen molar-refractivity contribution in [2.24, 2.45) is 0 Å². The van der Waals surface area contributed by atoms with Crippen LogP contribution in [0.1, 0.15) is 16.1 Å². The van der Waals surface area contributed by atoms with Crippen molar-refractivity contribution in [3.8, 4) is 22.1 Å². The molecule has 2 heterocycles. The first-order valence-corrected chi connectivity index (χ1v) is 8.52. The van der Waals surface area contributed by atoms with E-state index in [9.17, 15) is 10.0 Å². The lowest BCUT2D eigenvalue weighted by atomic mass is 10.2. The molecule has 0 aliphatic rings. The molecule has 1 aromatic carbocycles. The van der Waals surface area contributed by atoms with E-state index >= 15 is 0 Å². The lowest BCUT2D eigenvalue weighted by molar-refractivity contribution is -0.605. The van der Waals surface area contributed by atoms with Crippen LogP contribution in [0.5, 0.6) is 11.5 Å². The first-order chi connectivity index (χ1) is 12.6. The highest BCUT2D eigenvalue weighted by molar-refractivity contribution is 7.13. The van der Waals surface area contributed by atoms with Crippen LogP contribution in [0, 0.1) is 5.21 Å². The number of benzene rings is 1. The monoisotopic (exact) mass is 372 g/mol. The van der Waals surface area contributed by atoms with Gasteiger partial charge in [-0.1, -0.05) is 6.07 Å². The molecule has 7 nitrogen and oxygen atoms in total. The molecule has 0 radical (unpaired) electrons. The van der Waals surface area contributed by atoms with Crippen molar-refractivity contribution in [1.29, 1.82) is 0 Å². The molecule has 3 aromatic rings. The number of carbonyl (C=O) groups excluding carboxylic acids is 1. The third-order valence-electron chi connectivity index (χ3n) is 3.57. The van der Waals surface area contributed by atoms with E-state index in [0.29, 0.717) is 27.5 Å². The number of carbonyl (C=O) groups is 1. The van der Waals surface area contributed by atoms with E-state index in [2.05, 4.69) is 4.98 Å². The highest BCUT2D eigenvalue weighted by Gasteiger charge is 2.15. The minimum Gasteiger partial charge on any atom is -0.619 e. The van der Waals surface area contributed by atoms with Crippen LogP contribution >= 0.6 is 11.3 Å². The van der Waals surface area contributed by atoms with Gasteiger partial charge in [0, 0.05) is 17.5 Å². The molecule has 8 heteroatoms. The van der Waals surface area contributed by atoms with E-state index in [1.807, 2.05) is 23.6 Å². The van der Waals surface area contributed by atoms with Gasteiger partial charge in [-0.3, -0.25) is 0 Å². The highest BCUT2D eigenvalue weighted by Crippen LogP contribution is 2.38. The number of thiazole rings is 1. The van der Waals surface area contributed by atoms with Crippen LogP contribution in [-0.2, 0) is 11.3 Å². The zero-order valence-electron chi connectivity index (χ0n) is 14.2. The number of hydrogen-bond acceptors (Lipinski definition) is 7. The summed E-state index contributed by atoms with van der Waals surface area (Å²) < 4.78 is 16.6. The average Bonchev–Trinajstić information content (AvgIpc) is 3.14. The van der Waals surface area contributed by atoms with Crippen LogP contribution in [-0.4, -0.2) is 25.2 Å². The zero-order valence-corrected chi connectivity index (χ0v) is 15.0. The second-order valence-corrected chi connectivity index (χ2v) is 6.07. The Hall–Kier alpha value is -3.13. The highest BCUT2D eigenvalue weighted by atomic mass is 32.1. The van der Waals surface area contributed by atoms with Crippen molar-refractivity contribution in [3.63, 3.8) is 0 Å². The molecule has 0 saturated heterocycles. The first-order valence-electron chi connectivity index (χ1n) is 7.64. The minimum absolute atomic E-state index is 0.0356. The molecule has 0 amide bonds. The summed E-state index contributed by atoms with van der Waals surface area (Å²) in [6, 6.07) is 8.36. The number of nitrogens with zero attached hydrogens (tertiary/aromatic N) is 2. The Balaban J connectivity index is 1.72. The third-order valence-corrected chi connectivity index (χ3v) is 4.50. The maximum absolute atomic E-state index is 12.0. The van der Waals surface area contributed by atoms with Gasteiger partial charge < -0.3 is 19.4 Å². The SMILES string of the molecule is COc1cccc(-c2nc(COC(=O)c3cc[n+]([O-])cc3)cs2)c1OC. The van der Waals surface area contributed by atoms with Crippen LogP contribution < -0.4 is 14.2 Å². The molecule has 0 saturated carbocycles. The van der Waals surface area contributed by atoms with Gasteiger partial charge in [0.15, 0.2) is 23.9 Å². The summed E-state index contributed by atoms with van der Waals surface area (Å²) in [5.74, 6) is 0.704. The van der Waals surface area contributed by atoms with Crippen molar-refractivity contribution < 1.29 is 23.7 Å². The Kier molecular flexibility index (Phi) is 5.33. The number of esters is 1.